The summed E-state index contributed by atoms with van der Waals surface area (Å²) in [4.78, 5) is 49.8. The Morgan fingerprint density at radius 1 is 1.27 bits per heavy atom. The van der Waals surface area contributed by atoms with Gasteiger partial charge in [-0.25, -0.2) is 9.59 Å². The molecule has 0 saturated carbocycles. The van der Waals surface area contributed by atoms with Gasteiger partial charge in [-0.1, -0.05) is 26.2 Å². The van der Waals surface area contributed by atoms with Gasteiger partial charge in [0, 0.05) is 12.2 Å². The summed E-state index contributed by atoms with van der Waals surface area (Å²) in [5.74, 6) is -1.60. The minimum atomic E-state index is -1.88. The van der Waals surface area contributed by atoms with Crippen molar-refractivity contribution in [2.75, 3.05) is 5.75 Å². The average Bonchev–Trinajstić information content (AvgIpc) is 3.13. The van der Waals surface area contributed by atoms with E-state index >= 15 is 0 Å². The zero-order valence-corrected chi connectivity index (χ0v) is 15.6. The molecule has 0 bridgehead atoms. The maximum absolute atomic E-state index is 13.3. The number of nitrogens with one attached hydrogen (secondary N) is 3. The van der Waals surface area contributed by atoms with E-state index < -0.39 is 34.0 Å². The summed E-state index contributed by atoms with van der Waals surface area (Å²) in [6.07, 6.45) is 3.15. The van der Waals surface area contributed by atoms with Gasteiger partial charge in [0.25, 0.3) is 0 Å². The number of rotatable bonds is 4. The Kier molecular flexibility index (Phi) is 5.18. The van der Waals surface area contributed by atoms with E-state index in [2.05, 4.69) is 16.0 Å². The number of carbonyl (C=O) groups excluding carboxylic acids is 3. The molecule has 0 radical (unpaired) electrons. The topological polar surface area (TPSA) is 125 Å². The number of carboxylic acids is 1. The average molecular weight is 383 g/mol. The highest BCUT2D eigenvalue weighted by Crippen LogP contribution is 2.45. The van der Waals surface area contributed by atoms with Crippen molar-refractivity contribution in [1.29, 1.82) is 0 Å². The number of hydrogen-bond donors (Lipinski definition) is 4. The number of amides is 3. The van der Waals surface area contributed by atoms with E-state index in [0.29, 0.717) is 31.4 Å². The van der Waals surface area contributed by atoms with Gasteiger partial charge in [-0.15, -0.1) is 11.8 Å². The Hall–Kier alpha value is -1.77. The smallest absolute Gasteiger partial charge is 0.337 e. The van der Waals surface area contributed by atoms with Crippen molar-refractivity contribution in [3.63, 3.8) is 0 Å². The number of aliphatic carboxylic acids is 1. The lowest BCUT2D eigenvalue weighted by molar-refractivity contribution is -0.153. The summed E-state index contributed by atoms with van der Waals surface area (Å²) >= 11 is 1.44. The number of unbranched alkanes of at least 4 members (excludes halogenated alkanes) is 1. The monoisotopic (exact) mass is 383 g/mol. The van der Waals surface area contributed by atoms with Gasteiger partial charge in [-0.3, -0.25) is 9.59 Å². The van der Waals surface area contributed by atoms with E-state index in [0.717, 1.165) is 6.42 Å². The van der Waals surface area contributed by atoms with Gasteiger partial charge in [0.05, 0.1) is 12.1 Å². The molecule has 0 aromatic heterocycles. The molecule has 26 heavy (non-hydrogen) atoms. The molecular weight excluding hydrogens is 358 g/mol. The van der Waals surface area contributed by atoms with Gasteiger partial charge in [0.2, 0.25) is 5.91 Å². The van der Waals surface area contributed by atoms with Crippen molar-refractivity contribution in [2.45, 2.75) is 74.2 Å². The van der Waals surface area contributed by atoms with Crippen LogP contribution < -0.4 is 16.0 Å². The zero-order chi connectivity index (χ0) is 18.9. The fourth-order valence-corrected chi connectivity index (χ4v) is 5.80. The van der Waals surface area contributed by atoms with E-state index in [9.17, 15) is 24.3 Å². The Balaban J connectivity index is 1.96. The molecule has 4 atom stereocenters. The number of fused-ring (bicyclic) bond motifs is 2. The van der Waals surface area contributed by atoms with E-state index in [1.54, 1.807) is 0 Å². The summed E-state index contributed by atoms with van der Waals surface area (Å²) in [6.45, 7) is 1.91. The van der Waals surface area contributed by atoms with Gasteiger partial charge >= 0.3 is 12.0 Å². The number of thioether (sulfide) groups is 1. The van der Waals surface area contributed by atoms with Gasteiger partial charge < -0.3 is 21.1 Å². The number of ketones is 1. The Bertz CT molecular complexity index is 642. The molecule has 0 aromatic rings. The normalized spacial score (nSPS) is 37.2. The second-order valence-corrected chi connectivity index (χ2v) is 8.65. The molecule has 8 nitrogen and oxygen atoms in total. The minimum absolute atomic E-state index is 0.0862. The van der Waals surface area contributed by atoms with E-state index in [1.807, 2.05) is 6.92 Å². The number of Topliss-reactive ketones (excluding diaryl/α,β-unsaturated/α-hetero) is 1. The summed E-state index contributed by atoms with van der Waals surface area (Å²) in [7, 11) is 0. The maximum atomic E-state index is 13.3. The van der Waals surface area contributed by atoms with Crippen LogP contribution in [0.4, 0.5) is 4.79 Å². The van der Waals surface area contributed by atoms with Crippen molar-refractivity contribution in [3.05, 3.63) is 0 Å². The summed E-state index contributed by atoms with van der Waals surface area (Å²) in [5, 5.41) is 18.1. The molecule has 3 fully saturated rings. The predicted octanol–water partition coefficient (Wildman–Crippen LogP) is 0.795. The van der Waals surface area contributed by atoms with Crippen molar-refractivity contribution >= 4 is 35.5 Å². The first kappa shape index (κ1) is 19.0. The molecule has 9 heteroatoms. The molecular formula is C17H25N3O5S. The molecule has 3 aliphatic heterocycles. The Morgan fingerprint density at radius 3 is 2.73 bits per heavy atom. The maximum Gasteiger partial charge on any atom is 0.337 e. The highest BCUT2D eigenvalue weighted by molar-refractivity contribution is 8.01. The van der Waals surface area contributed by atoms with Crippen LogP contribution in [-0.4, -0.2) is 56.9 Å². The molecule has 3 heterocycles. The second-order valence-electron chi connectivity index (χ2n) is 7.30. The van der Waals surface area contributed by atoms with Crippen molar-refractivity contribution in [3.8, 4) is 0 Å². The molecule has 0 aromatic carbocycles. The molecule has 0 aliphatic carbocycles. The first-order valence-electron chi connectivity index (χ1n) is 9.16. The van der Waals surface area contributed by atoms with Crippen molar-refractivity contribution in [1.82, 2.24) is 16.0 Å². The molecule has 3 saturated heterocycles. The third-order valence-electron chi connectivity index (χ3n) is 5.69. The molecule has 3 rings (SSSR count). The van der Waals surface area contributed by atoms with Crippen LogP contribution >= 0.6 is 11.8 Å². The quantitative estimate of drug-likeness (QED) is 0.420. The highest BCUT2D eigenvalue weighted by atomic mass is 32.2. The van der Waals surface area contributed by atoms with Crippen molar-refractivity contribution < 1.29 is 24.3 Å². The molecule has 1 unspecified atom stereocenters. The molecule has 4 N–H and O–H groups in total. The second kappa shape index (κ2) is 7.09. The van der Waals surface area contributed by atoms with Gasteiger partial charge in [0.1, 0.15) is 4.75 Å². The third kappa shape index (κ3) is 2.95. The largest absolute Gasteiger partial charge is 0.479 e. The van der Waals surface area contributed by atoms with Crippen LogP contribution in [0.2, 0.25) is 0 Å². The van der Waals surface area contributed by atoms with Crippen LogP contribution in [0.25, 0.3) is 0 Å². The van der Waals surface area contributed by atoms with Gasteiger partial charge in [0.15, 0.2) is 11.3 Å². The van der Waals surface area contributed by atoms with Gasteiger partial charge in [-0.2, -0.15) is 0 Å². The van der Waals surface area contributed by atoms with E-state index in [1.165, 1.54) is 11.8 Å². The van der Waals surface area contributed by atoms with Crippen LogP contribution in [0.15, 0.2) is 0 Å². The number of carbonyl (C=O) groups is 4. The van der Waals surface area contributed by atoms with Gasteiger partial charge in [-0.05, 0) is 19.3 Å². The lowest BCUT2D eigenvalue weighted by Crippen LogP contribution is -2.65. The van der Waals surface area contributed by atoms with Crippen molar-refractivity contribution in [2.24, 2.45) is 0 Å². The van der Waals surface area contributed by atoms with Crippen LogP contribution in [-0.2, 0) is 14.4 Å². The standard InChI is InChI=1S/C17H25N3O5S/c1-2-3-7-16(14(23)24)11(21)6-4-5-8-17(13(22)20-16)12-10(9-26-17)18-15(25)19-12/h10,12H,2-9H2,1H3,(H,20,22)(H,23,24)(H2,18,19,25)/t10-,12-,16?,17-/m0/s1. The fraction of sp³-hybridized carbons (Fsp3) is 0.765. The van der Waals surface area contributed by atoms with E-state index in [-0.39, 0.29) is 24.9 Å². The summed E-state index contributed by atoms with van der Waals surface area (Å²) < 4.78 is -0.943. The third-order valence-corrected chi connectivity index (χ3v) is 7.37. The predicted molar refractivity (Wildman–Crippen MR) is 95.9 cm³/mol. The number of urea groups is 1. The summed E-state index contributed by atoms with van der Waals surface area (Å²) in [6, 6.07) is -0.866. The lowest BCUT2D eigenvalue weighted by atomic mass is 9.85. The Labute approximate surface area is 156 Å². The first-order valence-corrected chi connectivity index (χ1v) is 10.1. The van der Waals surface area contributed by atoms with Crippen LogP contribution in [0.5, 0.6) is 0 Å². The first-order chi connectivity index (χ1) is 12.4. The Morgan fingerprint density at radius 2 is 2.04 bits per heavy atom. The highest BCUT2D eigenvalue weighted by Gasteiger charge is 2.60. The minimum Gasteiger partial charge on any atom is -0.479 e. The fourth-order valence-electron chi connectivity index (χ4n) is 4.17. The van der Waals surface area contributed by atoms with Crippen LogP contribution in [0.1, 0.15) is 51.9 Å². The summed E-state index contributed by atoms with van der Waals surface area (Å²) in [5.41, 5.74) is -1.88. The molecule has 144 valence electrons. The van der Waals surface area contributed by atoms with Crippen LogP contribution in [0.3, 0.4) is 0 Å². The number of carboxylic acid groups (broad SMARTS) is 1. The molecule has 1 spiro atoms. The number of hydrogen-bond acceptors (Lipinski definition) is 5. The SMILES string of the molecule is CCCCC1(C(=O)O)NC(=O)[C@@]2(CCCCC1=O)SC[C@@H]1NC(=O)N[C@@H]12. The lowest BCUT2D eigenvalue weighted by Gasteiger charge is -2.36. The van der Waals surface area contributed by atoms with Crippen LogP contribution in [0, 0.1) is 0 Å². The zero-order valence-electron chi connectivity index (χ0n) is 14.8. The molecule has 3 amide bonds. The van der Waals surface area contributed by atoms with E-state index in [4.69, 9.17) is 0 Å². The molecule has 3 aliphatic rings.